The number of nitrogens with zero attached hydrogens (tertiary/aromatic N) is 2. The number of hydrogen-bond donors (Lipinski definition) is 2. The number of aromatic nitrogens is 2. The minimum atomic E-state index is -0.250. The average Bonchev–Trinajstić information content (AvgIpc) is 2.19. The van der Waals surface area contributed by atoms with Crippen molar-refractivity contribution in [3.05, 3.63) is 22.7 Å². The van der Waals surface area contributed by atoms with Crippen molar-refractivity contribution in [2.24, 2.45) is 7.05 Å². The molecule has 0 radical (unpaired) electrons. The molecule has 0 aliphatic heterocycles. The normalized spacial score (nSPS) is 10.2. The molecule has 0 fully saturated rings. The monoisotopic (exact) mass is 224 g/mol. The van der Waals surface area contributed by atoms with Gasteiger partial charge in [-0.25, -0.2) is 4.98 Å². The van der Waals surface area contributed by atoms with Gasteiger partial charge >= 0.3 is 0 Å². The molecule has 16 heavy (non-hydrogen) atoms. The molecule has 0 aromatic carbocycles. The van der Waals surface area contributed by atoms with Crippen LogP contribution in [0.3, 0.4) is 0 Å². The molecule has 1 aromatic rings. The molecule has 0 atom stereocenters. The maximum absolute atomic E-state index is 11.5. The predicted octanol–water partition coefficient (Wildman–Crippen LogP) is -0.283. The van der Waals surface area contributed by atoms with Crippen molar-refractivity contribution in [1.29, 1.82) is 0 Å². The van der Waals surface area contributed by atoms with Crippen molar-refractivity contribution in [3.8, 4) is 0 Å². The first kappa shape index (κ1) is 12.2. The van der Waals surface area contributed by atoms with Gasteiger partial charge in [0.05, 0.1) is 6.54 Å². The van der Waals surface area contributed by atoms with E-state index in [0.29, 0.717) is 0 Å². The summed E-state index contributed by atoms with van der Waals surface area (Å²) in [5, 5.41) is 5.41. The summed E-state index contributed by atoms with van der Waals surface area (Å²) in [4.78, 5) is 26.7. The Morgan fingerprint density at radius 3 is 2.88 bits per heavy atom. The van der Waals surface area contributed by atoms with Crippen LogP contribution < -0.4 is 16.2 Å². The van der Waals surface area contributed by atoms with Gasteiger partial charge in [0.15, 0.2) is 5.82 Å². The fraction of sp³-hybridized carbons (Fsp3) is 0.500. The summed E-state index contributed by atoms with van der Waals surface area (Å²) in [6.45, 7) is 3.79. The first-order valence-electron chi connectivity index (χ1n) is 5.05. The molecule has 88 valence electrons. The fourth-order valence-corrected chi connectivity index (χ4v) is 1.16. The lowest BCUT2D eigenvalue weighted by Crippen LogP contribution is -2.36. The average molecular weight is 224 g/mol. The lowest BCUT2D eigenvalue weighted by Gasteiger charge is -2.09. The van der Waals surface area contributed by atoms with Crippen LogP contribution in [0.1, 0.15) is 13.8 Å². The second kappa shape index (κ2) is 5.29. The van der Waals surface area contributed by atoms with E-state index >= 15 is 0 Å². The fourth-order valence-electron chi connectivity index (χ4n) is 1.16. The van der Waals surface area contributed by atoms with Crippen molar-refractivity contribution in [2.75, 3.05) is 11.9 Å². The molecule has 0 bridgehead atoms. The number of rotatable bonds is 4. The van der Waals surface area contributed by atoms with Gasteiger partial charge in [0.25, 0.3) is 5.56 Å². The van der Waals surface area contributed by atoms with Gasteiger partial charge < -0.3 is 15.2 Å². The molecule has 0 saturated heterocycles. The first-order chi connectivity index (χ1) is 7.50. The summed E-state index contributed by atoms with van der Waals surface area (Å²) < 4.78 is 1.40. The van der Waals surface area contributed by atoms with E-state index in [4.69, 9.17) is 0 Å². The second-order valence-electron chi connectivity index (χ2n) is 3.77. The molecule has 0 aliphatic rings. The zero-order valence-corrected chi connectivity index (χ0v) is 9.65. The molecule has 1 heterocycles. The highest BCUT2D eigenvalue weighted by atomic mass is 16.2. The maximum Gasteiger partial charge on any atom is 0.293 e. The van der Waals surface area contributed by atoms with Crippen molar-refractivity contribution < 1.29 is 4.79 Å². The van der Waals surface area contributed by atoms with Gasteiger partial charge in [0.1, 0.15) is 0 Å². The SMILES string of the molecule is CC(C)NC(=O)CNc1nccn(C)c1=O. The molecule has 0 aliphatic carbocycles. The molecule has 1 rings (SSSR count). The van der Waals surface area contributed by atoms with Crippen LogP contribution in [-0.2, 0) is 11.8 Å². The zero-order chi connectivity index (χ0) is 12.1. The largest absolute Gasteiger partial charge is 0.356 e. The van der Waals surface area contributed by atoms with E-state index in [1.54, 1.807) is 13.2 Å². The van der Waals surface area contributed by atoms with E-state index < -0.39 is 0 Å². The van der Waals surface area contributed by atoms with Crippen molar-refractivity contribution in [3.63, 3.8) is 0 Å². The quantitative estimate of drug-likeness (QED) is 0.737. The van der Waals surface area contributed by atoms with E-state index in [0.717, 1.165) is 0 Å². The smallest absolute Gasteiger partial charge is 0.293 e. The molecule has 2 N–H and O–H groups in total. The molecule has 1 amide bonds. The van der Waals surface area contributed by atoms with Crippen LogP contribution in [0, 0.1) is 0 Å². The Hall–Kier alpha value is -1.85. The van der Waals surface area contributed by atoms with Crippen LogP contribution in [0.15, 0.2) is 17.2 Å². The molecular formula is C10H16N4O2. The molecule has 1 aromatic heterocycles. The van der Waals surface area contributed by atoms with Crippen molar-refractivity contribution >= 4 is 11.7 Å². The van der Waals surface area contributed by atoms with Gasteiger partial charge in [-0.1, -0.05) is 0 Å². The number of carbonyl (C=O) groups is 1. The maximum atomic E-state index is 11.5. The molecule has 0 spiro atoms. The number of anilines is 1. The summed E-state index contributed by atoms with van der Waals surface area (Å²) in [7, 11) is 1.63. The highest BCUT2D eigenvalue weighted by molar-refractivity contribution is 5.80. The summed E-state index contributed by atoms with van der Waals surface area (Å²) in [6, 6.07) is 0.0841. The number of aryl methyl sites for hydroxylation is 1. The Labute approximate surface area is 93.7 Å². The summed E-state index contributed by atoms with van der Waals surface area (Å²) >= 11 is 0. The van der Waals surface area contributed by atoms with Gasteiger partial charge in [-0.15, -0.1) is 0 Å². The number of hydrogen-bond acceptors (Lipinski definition) is 4. The third kappa shape index (κ3) is 3.38. The van der Waals surface area contributed by atoms with Gasteiger partial charge in [-0.2, -0.15) is 0 Å². The predicted molar refractivity (Wildman–Crippen MR) is 61.2 cm³/mol. The lowest BCUT2D eigenvalue weighted by atomic mass is 10.4. The third-order valence-electron chi connectivity index (χ3n) is 1.88. The Bertz CT molecular complexity index is 425. The van der Waals surface area contributed by atoms with E-state index in [2.05, 4.69) is 15.6 Å². The van der Waals surface area contributed by atoms with E-state index in [1.165, 1.54) is 10.8 Å². The summed E-state index contributed by atoms with van der Waals surface area (Å²) in [6.07, 6.45) is 3.06. The van der Waals surface area contributed by atoms with Crippen LogP contribution in [0.2, 0.25) is 0 Å². The van der Waals surface area contributed by atoms with Crippen LogP contribution in [0.5, 0.6) is 0 Å². The molecule has 0 saturated carbocycles. The van der Waals surface area contributed by atoms with Gasteiger partial charge in [-0.05, 0) is 13.8 Å². The molecule has 6 nitrogen and oxygen atoms in total. The van der Waals surface area contributed by atoms with E-state index in [1.807, 2.05) is 13.8 Å². The zero-order valence-electron chi connectivity index (χ0n) is 9.65. The Balaban J connectivity index is 2.58. The third-order valence-corrected chi connectivity index (χ3v) is 1.88. The highest BCUT2D eigenvalue weighted by Crippen LogP contribution is 1.90. The van der Waals surface area contributed by atoms with Gasteiger partial charge in [0, 0.05) is 25.5 Å². The topological polar surface area (TPSA) is 76.0 Å². The standard InChI is InChI=1S/C10H16N4O2/c1-7(2)13-8(15)6-12-9-10(16)14(3)5-4-11-9/h4-5,7H,6H2,1-3H3,(H,11,12)(H,13,15). The number of nitrogens with one attached hydrogen (secondary N) is 2. The van der Waals surface area contributed by atoms with Crippen molar-refractivity contribution in [2.45, 2.75) is 19.9 Å². The minimum absolute atomic E-state index is 0.0461. The summed E-state index contributed by atoms with van der Waals surface area (Å²) in [5.74, 6) is 0.0200. The van der Waals surface area contributed by atoms with E-state index in [9.17, 15) is 9.59 Å². The first-order valence-corrected chi connectivity index (χ1v) is 5.05. The van der Waals surface area contributed by atoms with Crippen molar-refractivity contribution in [1.82, 2.24) is 14.9 Å². The second-order valence-corrected chi connectivity index (χ2v) is 3.77. The highest BCUT2D eigenvalue weighted by Gasteiger charge is 2.06. The summed E-state index contributed by atoms with van der Waals surface area (Å²) in [5.41, 5.74) is -0.250. The lowest BCUT2D eigenvalue weighted by molar-refractivity contribution is -0.119. The Morgan fingerprint density at radius 2 is 2.25 bits per heavy atom. The van der Waals surface area contributed by atoms with Gasteiger partial charge in [-0.3, -0.25) is 9.59 Å². The van der Waals surface area contributed by atoms with E-state index in [-0.39, 0.29) is 29.9 Å². The van der Waals surface area contributed by atoms with Crippen LogP contribution in [0.4, 0.5) is 5.82 Å². The van der Waals surface area contributed by atoms with Gasteiger partial charge in [0.2, 0.25) is 5.91 Å². The van der Waals surface area contributed by atoms with Crippen LogP contribution >= 0.6 is 0 Å². The minimum Gasteiger partial charge on any atom is -0.356 e. The Morgan fingerprint density at radius 1 is 1.56 bits per heavy atom. The molecule has 0 unspecified atom stereocenters. The molecule has 6 heteroatoms. The van der Waals surface area contributed by atoms with Crippen LogP contribution in [0.25, 0.3) is 0 Å². The number of amides is 1. The Kier molecular flexibility index (Phi) is 4.04. The van der Waals surface area contributed by atoms with Crippen LogP contribution in [-0.4, -0.2) is 28.0 Å². The molecular weight excluding hydrogens is 208 g/mol. The number of carbonyl (C=O) groups excluding carboxylic acids is 1.